The second-order valence-corrected chi connectivity index (χ2v) is 8.88. The first kappa shape index (κ1) is 21.1. The molecule has 1 N–H and O–H groups in total. The van der Waals surface area contributed by atoms with Crippen LogP contribution in [0.2, 0.25) is 5.02 Å². The maximum Gasteiger partial charge on any atom is 0.241 e. The summed E-state index contributed by atoms with van der Waals surface area (Å²) in [6, 6.07) is 12.6. The number of nitrogens with one attached hydrogen (secondary N) is 1. The quantitative estimate of drug-likeness (QED) is 0.763. The van der Waals surface area contributed by atoms with Gasteiger partial charge in [0, 0.05) is 31.4 Å². The molecule has 0 unspecified atom stereocenters. The predicted molar refractivity (Wildman–Crippen MR) is 111 cm³/mol. The Labute approximate surface area is 165 Å². The number of halogens is 1. The van der Waals surface area contributed by atoms with Gasteiger partial charge in [-0.3, -0.25) is 9.10 Å². The number of sulfonamides is 1. The highest BCUT2D eigenvalue weighted by atomic mass is 35.5. The van der Waals surface area contributed by atoms with Crippen molar-refractivity contribution in [1.82, 2.24) is 5.32 Å². The Morgan fingerprint density at radius 1 is 1.11 bits per heavy atom. The molecule has 0 aromatic heterocycles. The van der Waals surface area contributed by atoms with Gasteiger partial charge in [-0.25, -0.2) is 8.42 Å². The summed E-state index contributed by atoms with van der Waals surface area (Å²) < 4.78 is 25.5. The molecule has 0 bridgehead atoms. The van der Waals surface area contributed by atoms with Crippen LogP contribution in [0.25, 0.3) is 0 Å². The van der Waals surface area contributed by atoms with Crippen LogP contribution in [0, 0.1) is 6.92 Å². The van der Waals surface area contributed by atoms with Gasteiger partial charge in [0.05, 0.1) is 11.9 Å². The van der Waals surface area contributed by atoms with Crippen molar-refractivity contribution in [3.8, 4) is 0 Å². The normalized spacial score (nSPS) is 11.1. The third kappa shape index (κ3) is 5.87. The summed E-state index contributed by atoms with van der Waals surface area (Å²) >= 11 is 5.94. The number of carbonyl (C=O) groups is 1. The van der Waals surface area contributed by atoms with Crippen LogP contribution < -0.4 is 14.5 Å². The van der Waals surface area contributed by atoms with Crippen molar-refractivity contribution in [2.75, 3.05) is 36.1 Å². The van der Waals surface area contributed by atoms with Gasteiger partial charge in [-0.05, 0) is 48.4 Å². The lowest BCUT2D eigenvalue weighted by molar-refractivity contribution is -0.119. The molecule has 0 heterocycles. The van der Waals surface area contributed by atoms with Crippen LogP contribution in [0.4, 0.5) is 11.4 Å². The first-order valence-corrected chi connectivity index (χ1v) is 10.6. The number of aryl methyl sites for hydroxylation is 1. The van der Waals surface area contributed by atoms with Crippen molar-refractivity contribution < 1.29 is 13.2 Å². The second-order valence-electron chi connectivity index (χ2n) is 6.54. The van der Waals surface area contributed by atoms with E-state index in [1.165, 1.54) is 0 Å². The number of nitrogens with zero attached hydrogens (tertiary/aromatic N) is 2. The second kappa shape index (κ2) is 8.63. The van der Waals surface area contributed by atoms with E-state index >= 15 is 0 Å². The number of amides is 1. The molecule has 0 saturated carbocycles. The molecule has 2 aromatic rings. The van der Waals surface area contributed by atoms with E-state index in [2.05, 4.69) is 5.32 Å². The molecule has 0 fully saturated rings. The first-order chi connectivity index (χ1) is 12.6. The molecule has 1 amide bonds. The summed E-state index contributed by atoms with van der Waals surface area (Å²) in [5.74, 6) is -0.383. The lowest BCUT2D eigenvalue weighted by Gasteiger charge is -2.23. The molecule has 0 aliphatic carbocycles. The number of carbonyl (C=O) groups excluding carboxylic acids is 1. The van der Waals surface area contributed by atoms with Gasteiger partial charge in [-0.2, -0.15) is 0 Å². The number of hydrogen-bond donors (Lipinski definition) is 1. The molecule has 6 nitrogen and oxygen atoms in total. The average Bonchev–Trinajstić information content (AvgIpc) is 2.58. The van der Waals surface area contributed by atoms with Gasteiger partial charge in [0.2, 0.25) is 15.9 Å². The van der Waals surface area contributed by atoms with E-state index in [9.17, 15) is 13.2 Å². The summed E-state index contributed by atoms with van der Waals surface area (Å²) in [6.07, 6.45) is 1.08. The van der Waals surface area contributed by atoms with Crippen LogP contribution in [-0.4, -0.2) is 41.2 Å². The molecule has 0 radical (unpaired) electrons. The van der Waals surface area contributed by atoms with Crippen LogP contribution in [-0.2, 0) is 21.4 Å². The number of anilines is 2. The molecule has 8 heteroatoms. The molecule has 0 aliphatic rings. The Morgan fingerprint density at radius 3 is 2.26 bits per heavy atom. The van der Waals surface area contributed by atoms with E-state index in [0.29, 0.717) is 22.8 Å². The monoisotopic (exact) mass is 409 g/mol. The molecule has 0 aliphatic heterocycles. The molecular weight excluding hydrogens is 386 g/mol. The highest BCUT2D eigenvalue weighted by molar-refractivity contribution is 7.92. The first-order valence-electron chi connectivity index (χ1n) is 8.35. The van der Waals surface area contributed by atoms with E-state index in [-0.39, 0.29) is 12.5 Å². The smallest absolute Gasteiger partial charge is 0.241 e. The van der Waals surface area contributed by atoms with Crippen LogP contribution in [0.5, 0.6) is 0 Å². The Hall–Kier alpha value is -2.25. The summed E-state index contributed by atoms with van der Waals surface area (Å²) in [4.78, 5) is 14.3. The zero-order chi connectivity index (χ0) is 20.2. The molecule has 2 rings (SSSR count). The van der Waals surface area contributed by atoms with Crippen LogP contribution in [0.3, 0.4) is 0 Å². The van der Waals surface area contributed by atoms with Crippen molar-refractivity contribution in [2.24, 2.45) is 0 Å². The third-order valence-corrected chi connectivity index (χ3v) is 5.42. The summed E-state index contributed by atoms with van der Waals surface area (Å²) in [5.41, 5.74) is 3.11. The van der Waals surface area contributed by atoms with E-state index in [4.69, 9.17) is 11.6 Å². The van der Waals surface area contributed by atoms with Gasteiger partial charge in [0.25, 0.3) is 0 Å². The minimum atomic E-state index is -3.62. The largest absolute Gasteiger partial charge is 0.378 e. The van der Waals surface area contributed by atoms with Crippen LogP contribution in [0.1, 0.15) is 11.1 Å². The van der Waals surface area contributed by atoms with Crippen molar-refractivity contribution in [3.63, 3.8) is 0 Å². The van der Waals surface area contributed by atoms with Crippen LogP contribution in [0.15, 0.2) is 42.5 Å². The fraction of sp³-hybridized carbons (Fsp3) is 0.316. The van der Waals surface area contributed by atoms with Crippen molar-refractivity contribution in [2.45, 2.75) is 13.5 Å². The minimum Gasteiger partial charge on any atom is -0.378 e. The van der Waals surface area contributed by atoms with E-state index in [1.807, 2.05) is 43.3 Å². The van der Waals surface area contributed by atoms with E-state index in [1.54, 1.807) is 25.1 Å². The van der Waals surface area contributed by atoms with Crippen LogP contribution >= 0.6 is 11.6 Å². The fourth-order valence-corrected chi connectivity index (χ4v) is 3.72. The maximum atomic E-state index is 12.3. The van der Waals surface area contributed by atoms with Gasteiger partial charge in [-0.15, -0.1) is 0 Å². The zero-order valence-electron chi connectivity index (χ0n) is 15.9. The minimum absolute atomic E-state index is 0.295. The van der Waals surface area contributed by atoms with Crippen molar-refractivity contribution >= 4 is 38.9 Å². The van der Waals surface area contributed by atoms with Gasteiger partial charge >= 0.3 is 0 Å². The highest BCUT2D eigenvalue weighted by Crippen LogP contribution is 2.25. The van der Waals surface area contributed by atoms with Gasteiger partial charge in [-0.1, -0.05) is 23.7 Å². The highest BCUT2D eigenvalue weighted by Gasteiger charge is 2.22. The van der Waals surface area contributed by atoms with E-state index in [0.717, 1.165) is 21.8 Å². The molecule has 2 aromatic carbocycles. The van der Waals surface area contributed by atoms with Gasteiger partial charge in [0.15, 0.2) is 0 Å². The maximum absolute atomic E-state index is 12.3. The average molecular weight is 410 g/mol. The molecule has 27 heavy (non-hydrogen) atoms. The Kier molecular flexibility index (Phi) is 6.73. The topological polar surface area (TPSA) is 69.7 Å². The number of benzene rings is 2. The predicted octanol–water partition coefficient (Wildman–Crippen LogP) is 2.80. The molecule has 146 valence electrons. The molecule has 0 spiro atoms. The Bertz CT molecular complexity index is 912. The molecule has 0 atom stereocenters. The Balaban J connectivity index is 2.08. The van der Waals surface area contributed by atoms with Crippen molar-refractivity contribution in [1.29, 1.82) is 0 Å². The summed E-state index contributed by atoms with van der Waals surface area (Å²) in [5, 5.41) is 3.28. The Morgan fingerprint density at radius 2 is 1.74 bits per heavy atom. The SMILES string of the molecule is Cc1cc(Cl)ccc1N(CC(=O)NCc1ccc(N(C)C)cc1)S(C)(=O)=O. The van der Waals surface area contributed by atoms with Crippen molar-refractivity contribution in [3.05, 3.63) is 58.6 Å². The van der Waals surface area contributed by atoms with Gasteiger partial charge in [0.1, 0.15) is 6.54 Å². The lowest BCUT2D eigenvalue weighted by atomic mass is 10.2. The lowest BCUT2D eigenvalue weighted by Crippen LogP contribution is -2.40. The number of hydrogen-bond acceptors (Lipinski definition) is 4. The number of rotatable bonds is 7. The third-order valence-electron chi connectivity index (χ3n) is 4.06. The molecule has 0 saturated heterocycles. The molecular formula is C19H24ClN3O3S. The zero-order valence-corrected chi connectivity index (χ0v) is 17.4. The fourth-order valence-electron chi connectivity index (χ4n) is 2.58. The van der Waals surface area contributed by atoms with Gasteiger partial charge < -0.3 is 10.2 Å². The van der Waals surface area contributed by atoms with E-state index < -0.39 is 10.0 Å². The summed E-state index contributed by atoms with van der Waals surface area (Å²) in [6.45, 7) is 1.78. The standard InChI is InChI=1S/C19H24ClN3O3S/c1-14-11-16(20)7-10-18(14)23(27(4,25)26)13-19(24)21-12-15-5-8-17(9-6-15)22(2)3/h5-11H,12-13H2,1-4H3,(H,21,24). The summed E-state index contributed by atoms with van der Waals surface area (Å²) in [7, 11) is 0.285.